The van der Waals surface area contributed by atoms with Crippen molar-refractivity contribution in [3.8, 4) is 0 Å². The molecular formula is C23H36N2O5S. The minimum absolute atomic E-state index is 0.127. The lowest BCUT2D eigenvalue weighted by molar-refractivity contribution is -0.154. The molecule has 1 N–H and O–H groups in total. The number of esters is 1. The lowest BCUT2D eigenvalue weighted by Gasteiger charge is -2.22. The minimum Gasteiger partial charge on any atom is -0.453 e. The Labute approximate surface area is 186 Å². The number of rotatable bonds is 11. The molecule has 1 atom stereocenters. The number of benzene rings is 1. The standard InChI is InChI=1S/C23H36N2O5S/c1-4-25(5-2)31(28,29)21-14-11-19(12-15-21)13-16-22(26)30-18(3)23(27)24-17-20-9-7-6-8-10-20/h11-12,14-15,18,20H,4-10,13,16-17H2,1-3H3,(H,24,27). The first-order chi connectivity index (χ1) is 14.8. The van der Waals surface area contributed by atoms with Crippen LogP contribution in [0.25, 0.3) is 0 Å². The van der Waals surface area contributed by atoms with Crippen molar-refractivity contribution >= 4 is 21.9 Å². The van der Waals surface area contributed by atoms with Gasteiger partial charge in [-0.15, -0.1) is 0 Å². The van der Waals surface area contributed by atoms with Crippen LogP contribution in [0, 0.1) is 5.92 Å². The Morgan fingerprint density at radius 3 is 2.29 bits per heavy atom. The number of nitrogens with one attached hydrogen (secondary N) is 1. The summed E-state index contributed by atoms with van der Waals surface area (Å²) in [6.45, 7) is 6.67. The maximum absolute atomic E-state index is 12.5. The van der Waals surface area contributed by atoms with E-state index < -0.39 is 22.1 Å². The highest BCUT2D eigenvalue weighted by Gasteiger charge is 2.22. The van der Waals surface area contributed by atoms with Crippen LogP contribution in [0.3, 0.4) is 0 Å². The van der Waals surface area contributed by atoms with Crippen LogP contribution in [0.15, 0.2) is 29.2 Å². The molecule has 1 aromatic carbocycles. The molecule has 1 aromatic rings. The van der Waals surface area contributed by atoms with Crippen LogP contribution in [-0.4, -0.2) is 50.3 Å². The SMILES string of the molecule is CCN(CC)S(=O)(=O)c1ccc(CCC(=O)OC(C)C(=O)NCC2CCCCC2)cc1. The normalized spacial score (nSPS) is 16.1. The summed E-state index contributed by atoms with van der Waals surface area (Å²) in [5.41, 5.74) is 0.838. The van der Waals surface area contributed by atoms with Crippen LogP contribution < -0.4 is 5.32 Å². The summed E-state index contributed by atoms with van der Waals surface area (Å²) < 4.78 is 31.7. The molecule has 0 bridgehead atoms. The van der Waals surface area contributed by atoms with Gasteiger partial charge >= 0.3 is 5.97 Å². The van der Waals surface area contributed by atoms with Gasteiger partial charge < -0.3 is 10.1 Å². The monoisotopic (exact) mass is 452 g/mol. The number of aryl methyl sites for hydroxylation is 1. The number of ether oxygens (including phenoxy) is 1. The van der Waals surface area contributed by atoms with E-state index in [-0.39, 0.29) is 17.2 Å². The highest BCUT2D eigenvalue weighted by molar-refractivity contribution is 7.89. The maximum Gasteiger partial charge on any atom is 0.306 e. The Balaban J connectivity index is 1.78. The Hall–Kier alpha value is -1.93. The van der Waals surface area contributed by atoms with Gasteiger partial charge in [0.25, 0.3) is 5.91 Å². The van der Waals surface area contributed by atoms with E-state index in [2.05, 4.69) is 5.32 Å². The van der Waals surface area contributed by atoms with Crippen LogP contribution in [0.5, 0.6) is 0 Å². The molecule has 0 aromatic heterocycles. The lowest BCUT2D eigenvalue weighted by atomic mass is 9.89. The second-order valence-corrected chi connectivity index (χ2v) is 10.1. The molecule has 1 fully saturated rings. The first kappa shape index (κ1) is 25.3. The minimum atomic E-state index is -3.49. The Kier molecular flexibility index (Phi) is 9.96. The van der Waals surface area contributed by atoms with Crippen molar-refractivity contribution in [1.82, 2.24) is 9.62 Å². The smallest absolute Gasteiger partial charge is 0.306 e. The molecule has 2 rings (SSSR count). The number of nitrogens with zero attached hydrogens (tertiary/aromatic N) is 1. The van der Waals surface area contributed by atoms with E-state index in [1.54, 1.807) is 45.0 Å². The van der Waals surface area contributed by atoms with Gasteiger partial charge in [-0.2, -0.15) is 4.31 Å². The van der Waals surface area contributed by atoms with Gasteiger partial charge in [0, 0.05) is 26.1 Å². The molecule has 7 nitrogen and oxygen atoms in total. The molecule has 1 aliphatic carbocycles. The van der Waals surface area contributed by atoms with Crippen molar-refractivity contribution in [2.45, 2.75) is 76.7 Å². The van der Waals surface area contributed by atoms with Crippen molar-refractivity contribution in [2.24, 2.45) is 5.92 Å². The van der Waals surface area contributed by atoms with Gasteiger partial charge in [-0.05, 0) is 49.8 Å². The first-order valence-corrected chi connectivity index (χ1v) is 12.8. The van der Waals surface area contributed by atoms with Gasteiger partial charge in [-0.3, -0.25) is 9.59 Å². The van der Waals surface area contributed by atoms with E-state index in [1.807, 2.05) is 0 Å². The fourth-order valence-electron chi connectivity index (χ4n) is 3.88. The summed E-state index contributed by atoms with van der Waals surface area (Å²) in [7, 11) is -3.49. The van der Waals surface area contributed by atoms with Crippen LogP contribution in [0.2, 0.25) is 0 Å². The molecule has 31 heavy (non-hydrogen) atoms. The lowest BCUT2D eigenvalue weighted by Crippen LogP contribution is -2.38. The third kappa shape index (κ3) is 7.61. The summed E-state index contributed by atoms with van der Waals surface area (Å²) in [6.07, 6.45) is 5.71. The number of sulfonamides is 1. The highest BCUT2D eigenvalue weighted by Crippen LogP contribution is 2.22. The highest BCUT2D eigenvalue weighted by atomic mass is 32.2. The van der Waals surface area contributed by atoms with Crippen LogP contribution >= 0.6 is 0 Å². The maximum atomic E-state index is 12.5. The van der Waals surface area contributed by atoms with Gasteiger partial charge in [-0.1, -0.05) is 45.2 Å². The molecule has 1 saturated carbocycles. The van der Waals surface area contributed by atoms with Crippen molar-refractivity contribution in [1.29, 1.82) is 0 Å². The van der Waals surface area contributed by atoms with Gasteiger partial charge in [0.15, 0.2) is 6.10 Å². The Morgan fingerprint density at radius 1 is 1.10 bits per heavy atom. The largest absolute Gasteiger partial charge is 0.453 e. The van der Waals surface area contributed by atoms with Crippen molar-refractivity contribution in [3.63, 3.8) is 0 Å². The van der Waals surface area contributed by atoms with E-state index in [4.69, 9.17) is 4.74 Å². The molecule has 0 heterocycles. The molecule has 0 radical (unpaired) electrons. The second kappa shape index (κ2) is 12.2. The summed E-state index contributed by atoms with van der Waals surface area (Å²) in [6, 6.07) is 6.55. The Morgan fingerprint density at radius 2 is 1.71 bits per heavy atom. The van der Waals surface area contributed by atoms with Gasteiger partial charge in [-0.25, -0.2) is 8.42 Å². The molecule has 1 unspecified atom stereocenters. The van der Waals surface area contributed by atoms with Gasteiger partial charge in [0.05, 0.1) is 4.90 Å². The summed E-state index contributed by atoms with van der Waals surface area (Å²) in [5, 5.41) is 2.89. The van der Waals surface area contributed by atoms with Crippen molar-refractivity contribution < 1.29 is 22.7 Å². The summed E-state index contributed by atoms with van der Waals surface area (Å²) in [4.78, 5) is 24.5. The quantitative estimate of drug-likeness (QED) is 0.520. The van der Waals surface area contributed by atoms with Crippen LogP contribution in [0.1, 0.15) is 64.9 Å². The third-order valence-electron chi connectivity index (χ3n) is 5.85. The van der Waals surface area contributed by atoms with Gasteiger partial charge in [0.2, 0.25) is 10.0 Å². The summed E-state index contributed by atoms with van der Waals surface area (Å²) >= 11 is 0. The first-order valence-electron chi connectivity index (χ1n) is 11.3. The number of hydrogen-bond acceptors (Lipinski definition) is 5. The predicted molar refractivity (Wildman–Crippen MR) is 120 cm³/mol. The van der Waals surface area contributed by atoms with Crippen LogP contribution in [0.4, 0.5) is 0 Å². The zero-order chi connectivity index (χ0) is 22.9. The molecule has 0 spiro atoms. The molecule has 174 valence electrons. The summed E-state index contributed by atoms with van der Waals surface area (Å²) in [5.74, 6) is -0.181. The third-order valence-corrected chi connectivity index (χ3v) is 7.92. The molecule has 1 aliphatic rings. The molecule has 0 saturated heterocycles. The van der Waals surface area contributed by atoms with E-state index in [1.165, 1.54) is 23.6 Å². The fourth-order valence-corrected chi connectivity index (χ4v) is 5.33. The fraction of sp³-hybridized carbons (Fsp3) is 0.652. The zero-order valence-corrected chi connectivity index (χ0v) is 19.7. The van der Waals surface area contributed by atoms with Crippen molar-refractivity contribution in [2.75, 3.05) is 19.6 Å². The van der Waals surface area contributed by atoms with Crippen molar-refractivity contribution in [3.05, 3.63) is 29.8 Å². The molecule has 0 aliphatic heterocycles. The number of carbonyl (C=O) groups excluding carboxylic acids is 2. The zero-order valence-electron chi connectivity index (χ0n) is 18.9. The van der Waals surface area contributed by atoms with E-state index >= 15 is 0 Å². The average molecular weight is 453 g/mol. The predicted octanol–water partition coefficient (Wildman–Crippen LogP) is 3.28. The van der Waals surface area contributed by atoms with E-state index in [0.717, 1.165) is 18.4 Å². The molecule has 1 amide bonds. The number of hydrogen-bond donors (Lipinski definition) is 1. The Bertz CT molecular complexity index is 813. The van der Waals surface area contributed by atoms with E-state index in [9.17, 15) is 18.0 Å². The number of amides is 1. The average Bonchev–Trinajstić information content (AvgIpc) is 2.77. The number of carbonyl (C=O) groups is 2. The van der Waals surface area contributed by atoms with E-state index in [0.29, 0.717) is 32.0 Å². The molecule has 8 heteroatoms. The molecular weight excluding hydrogens is 416 g/mol. The topological polar surface area (TPSA) is 92.8 Å². The van der Waals surface area contributed by atoms with Crippen LogP contribution in [-0.2, 0) is 30.8 Å². The second-order valence-electron chi connectivity index (χ2n) is 8.11. The van der Waals surface area contributed by atoms with Gasteiger partial charge in [0.1, 0.15) is 0 Å².